The number of hydrogen-bond acceptors (Lipinski definition) is 5. The van der Waals surface area contributed by atoms with E-state index in [4.69, 9.17) is 28.7 Å². The van der Waals surface area contributed by atoms with E-state index < -0.39 is 9.84 Å². The van der Waals surface area contributed by atoms with Crippen LogP contribution in [0.1, 0.15) is 5.56 Å². The highest BCUT2D eigenvalue weighted by Crippen LogP contribution is 2.32. The summed E-state index contributed by atoms with van der Waals surface area (Å²) in [5.74, 6) is -0.247. The Morgan fingerprint density at radius 2 is 1.78 bits per heavy atom. The molecule has 23 heavy (non-hydrogen) atoms. The average molecular weight is 372 g/mol. The lowest BCUT2D eigenvalue weighted by atomic mass is 10.2. The standard InChI is InChI=1S/C15H15Cl2N3O2S/c1-20(2)11-4-6-14(19-18)15(8-11)23(21,22)9-10-3-5-12(16)13(17)7-10/h3-8,18H,9H2,1-2H3. The predicted molar refractivity (Wildman–Crippen MR) is 92.9 cm³/mol. The molecular formula is C15H15Cl2N3O2S. The van der Waals surface area contributed by atoms with Crippen LogP contribution in [0.3, 0.4) is 0 Å². The van der Waals surface area contributed by atoms with E-state index in [9.17, 15) is 8.42 Å². The van der Waals surface area contributed by atoms with E-state index in [0.717, 1.165) is 0 Å². The Labute approximate surface area is 145 Å². The van der Waals surface area contributed by atoms with Gasteiger partial charge in [0.25, 0.3) is 0 Å². The molecule has 0 spiro atoms. The van der Waals surface area contributed by atoms with Crippen molar-refractivity contribution in [3.8, 4) is 0 Å². The van der Waals surface area contributed by atoms with Crippen LogP contribution in [-0.2, 0) is 15.6 Å². The third-order valence-corrected chi connectivity index (χ3v) is 5.71. The molecule has 0 radical (unpaired) electrons. The molecule has 0 heterocycles. The van der Waals surface area contributed by atoms with Gasteiger partial charge in [-0.3, -0.25) is 0 Å². The van der Waals surface area contributed by atoms with Crippen molar-refractivity contribution >= 4 is 44.4 Å². The van der Waals surface area contributed by atoms with Crippen molar-refractivity contribution < 1.29 is 8.42 Å². The molecule has 0 bridgehead atoms. The molecule has 0 amide bonds. The van der Waals surface area contributed by atoms with Crippen molar-refractivity contribution in [1.82, 2.24) is 0 Å². The molecule has 122 valence electrons. The summed E-state index contributed by atoms with van der Waals surface area (Å²) in [5.41, 5.74) is 8.53. The maximum absolute atomic E-state index is 12.7. The zero-order chi connectivity index (χ0) is 17.2. The van der Waals surface area contributed by atoms with Gasteiger partial charge in [-0.05, 0) is 35.9 Å². The van der Waals surface area contributed by atoms with Crippen LogP contribution in [0, 0.1) is 5.53 Å². The molecular weight excluding hydrogens is 357 g/mol. The Kier molecular flexibility index (Phi) is 5.29. The fourth-order valence-corrected chi connectivity index (χ4v) is 3.88. The van der Waals surface area contributed by atoms with Crippen LogP contribution in [0.5, 0.6) is 0 Å². The number of nitrogens with one attached hydrogen (secondary N) is 1. The molecule has 0 aliphatic heterocycles. The maximum Gasteiger partial charge on any atom is 0.184 e. The van der Waals surface area contributed by atoms with E-state index >= 15 is 0 Å². The molecule has 8 heteroatoms. The van der Waals surface area contributed by atoms with Crippen molar-refractivity contribution in [2.75, 3.05) is 19.0 Å². The molecule has 5 nitrogen and oxygen atoms in total. The summed E-state index contributed by atoms with van der Waals surface area (Å²) in [6.45, 7) is 0. The first kappa shape index (κ1) is 17.7. The minimum absolute atomic E-state index is 0.0183. The number of halogens is 2. The fraction of sp³-hybridized carbons (Fsp3) is 0.200. The third-order valence-electron chi connectivity index (χ3n) is 3.26. The summed E-state index contributed by atoms with van der Waals surface area (Å²) in [6, 6.07) is 9.43. The highest BCUT2D eigenvalue weighted by atomic mass is 35.5. The van der Waals surface area contributed by atoms with Crippen LogP contribution >= 0.6 is 23.2 Å². The SMILES string of the molecule is CN(C)c1ccc(N=N)c(S(=O)(=O)Cc2ccc(Cl)c(Cl)c2)c1. The number of hydrogen-bond donors (Lipinski definition) is 1. The van der Waals surface area contributed by atoms with Gasteiger partial charge in [-0.15, -0.1) is 0 Å². The minimum atomic E-state index is -3.68. The Balaban J connectivity index is 2.47. The highest BCUT2D eigenvalue weighted by molar-refractivity contribution is 7.90. The van der Waals surface area contributed by atoms with Crippen molar-refractivity contribution in [2.24, 2.45) is 5.11 Å². The summed E-state index contributed by atoms with van der Waals surface area (Å²) >= 11 is 11.8. The molecule has 0 aromatic heterocycles. The van der Waals surface area contributed by atoms with Crippen LogP contribution in [0.15, 0.2) is 46.4 Å². The van der Waals surface area contributed by atoms with Gasteiger partial charge in [-0.1, -0.05) is 29.3 Å². The van der Waals surface area contributed by atoms with Crippen molar-refractivity contribution in [1.29, 1.82) is 5.53 Å². The van der Waals surface area contributed by atoms with Gasteiger partial charge < -0.3 is 4.90 Å². The van der Waals surface area contributed by atoms with E-state index in [1.165, 1.54) is 18.2 Å². The lowest BCUT2D eigenvalue weighted by molar-refractivity contribution is 0.595. The zero-order valence-electron chi connectivity index (χ0n) is 12.5. The van der Waals surface area contributed by atoms with E-state index in [1.54, 1.807) is 23.1 Å². The van der Waals surface area contributed by atoms with E-state index in [2.05, 4.69) is 5.11 Å². The van der Waals surface area contributed by atoms with Gasteiger partial charge in [-0.25, -0.2) is 13.9 Å². The number of rotatable bonds is 5. The Morgan fingerprint density at radius 3 is 2.35 bits per heavy atom. The second kappa shape index (κ2) is 6.86. The van der Waals surface area contributed by atoms with Crippen molar-refractivity contribution in [3.63, 3.8) is 0 Å². The van der Waals surface area contributed by atoms with Crippen molar-refractivity contribution in [3.05, 3.63) is 52.0 Å². The normalized spacial score (nSPS) is 11.3. The predicted octanol–water partition coefficient (Wildman–Crippen LogP) is 4.70. The molecule has 0 fully saturated rings. The monoisotopic (exact) mass is 371 g/mol. The van der Waals surface area contributed by atoms with E-state index in [-0.39, 0.29) is 16.3 Å². The molecule has 0 unspecified atom stereocenters. The molecule has 0 aliphatic rings. The summed E-state index contributed by atoms with van der Waals surface area (Å²) in [7, 11) is -0.0684. The van der Waals surface area contributed by atoms with Crippen LogP contribution < -0.4 is 4.90 Å². The number of benzene rings is 2. The summed E-state index contributed by atoms with van der Waals surface area (Å²) in [4.78, 5) is 1.80. The summed E-state index contributed by atoms with van der Waals surface area (Å²) in [6.07, 6.45) is 0. The zero-order valence-corrected chi connectivity index (χ0v) is 14.9. The van der Waals surface area contributed by atoms with Gasteiger partial charge in [0.05, 0.1) is 20.7 Å². The first-order chi connectivity index (χ1) is 10.7. The van der Waals surface area contributed by atoms with Crippen molar-refractivity contribution in [2.45, 2.75) is 10.6 Å². The number of anilines is 1. The second-order valence-electron chi connectivity index (χ2n) is 5.17. The summed E-state index contributed by atoms with van der Waals surface area (Å²) < 4.78 is 25.4. The molecule has 0 saturated carbocycles. The van der Waals surface area contributed by atoms with Gasteiger partial charge in [0.15, 0.2) is 9.84 Å². The van der Waals surface area contributed by atoms with Gasteiger partial charge in [0, 0.05) is 19.8 Å². The van der Waals surface area contributed by atoms with Crippen LogP contribution in [0.25, 0.3) is 0 Å². The molecule has 0 atom stereocenters. The molecule has 0 saturated heterocycles. The first-order valence-electron chi connectivity index (χ1n) is 6.60. The van der Waals surface area contributed by atoms with E-state index in [0.29, 0.717) is 21.3 Å². The molecule has 2 rings (SSSR count). The minimum Gasteiger partial charge on any atom is -0.378 e. The lowest BCUT2D eigenvalue weighted by Gasteiger charge is -2.15. The highest BCUT2D eigenvalue weighted by Gasteiger charge is 2.21. The van der Waals surface area contributed by atoms with Gasteiger partial charge >= 0.3 is 0 Å². The molecule has 2 aromatic rings. The Bertz CT molecular complexity index is 852. The largest absolute Gasteiger partial charge is 0.378 e. The first-order valence-corrected chi connectivity index (χ1v) is 9.01. The topological polar surface area (TPSA) is 73.6 Å². The number of sulfone groups is 1. The fourth-order valence-electron chi connectivity index (χ4n) is 2.05. The molecule has 1 N–H and O–H groups in total. The third kappa shape index (κ3) is 4.02. The van der Waals surface area contributed by atoms with E-state index in [1.807, 2.05) is 14.1 Å². The van der Waals surface area contributed by atoms with Gasteiger partial charge in [0.1, 0.15) is 5.69 Å². The lowest BCUT2D eigenvalue weighted by Crippen LogP contribution is -2.11. The van der Waals surface area contributed by atoms with Crippen LogP contribution in [0.2, 0.25) is 10.0 Å². The van der Waals surface area contributed by atoms with Gasteiger partial charge in [0.2, 0.25) is 0 Å². The molecule has 0 aliphatic carbocycles. The quantitative estimate of drug-likeness (QED) is 0.774. The van der Waals surface area contributed by atoms with Crippen LogP contribution in [-0.4, -0.2) is 22.5 Å². The second-order valence-corrected chi connectivity index (χ2v) is 7.94. The average Bonchev–Trinajstić information content (AvgIpc) is 2.50. The van der Waals surface area contributed by atoms with Crippen LogP contribution in [0.4, 0.5) is 11.4 Å². The number of nitrogens with zero attached hydrogens (tertiary/aromatic N) is 2. The molecule has 2 aromatic carbocycles. The Morgan fingerprint density at radius 1 is 1.09 bits per heavy atom. The summed E-state index contributed by atoms with van der Waals surface area (Å²) in [5, 5.41) is 3.98. The smallest absolute Gasteiger partial charge is 0.184 e. The Hall–Kier alpha value is -1.63. The maximum atomic E-state index is 12.7. The van der Waals surface area contributed by atoms with Gasteiger partial charge in [-0.2, -0.15) is 5.11 Å².